The zero-order chi connectivity index (χ0) is 19.3. The van der Waals surface area contributed by atoms with Crippen molar-refractivity contribution in [3.8, 4) is 11.8 Å². The van der Waals surface area contributed by atoms with Crippen molar-refractivity contribution in [2.24, 2.45) is 0 Å². The van der Waals surface area contributed by atoms with Crippen LogP contribution in [0.15, 0.2) is 59.1 Å². The molecule has 0 N–H and O–H groups in total. The molecular formula is C21H18BrN5O. The van der Waals surface area contributed by atoms with E-state index in [-0.39, 0.29) is 0 Å². The van der Waals surface area contributed by atoms with Crippen LogP contribution in [0, 0.1) is 11.3 Å². The number of para-hydroxylation sites is 1. The summed E-state index contributed by atoms with van der Waals surface area (Å²) in [4.78, 5) is 2.14. The molecule has 0 amide bonds. The summed E-state index contributed by atoms with van der Waals surface area (Å²) in [6.45, 7) is 2.77. The van der Waals surface area contributed by atoms with E-state index in [2.05, 4.69) is 37.1 Å². The summed E-state index contributed by atoms with van der Waals surface area (Å²) in [5.41, 5.74) is 2.29. The number of nitriles is 1. The fourth-order valence-corrected chi connectivity index (χ4v) is 3.56. The third-order valence-electron chi connectivity index (χ3n) is 4.48. The molecule has 1 aliphatic heterocycles. The maximum atomic E-state index is 9.86. The third-order valence-corrected chi connectivity index (χ3v) is 4.97. The number of hydrogen-bond acceptors (Lipinski definition) is 5. The molecule has 0 atom stereocenters. The van der Waals surface area contributed by atoms with Crippen molar-refractivity contribution in [2.45, 2.75) is 0 Å². The monoisotopic (exact) mass is 435 g/mol. The quantitative estimate of drug-likeness (QED) is 0.580. The van der Waals surface area contributed by atoms with Crippen molar-refractivity contribution in [2.75, 3.05) is 31.2 Å². The fraction of sp³-hybridized carbons (Fsp3) is 0.190. The predicted molar refractivity (Wildman–Crippen MR) is 112 cm³/mol. The lowest BCUT2D eigenvalue weighted by atomic mass is 10.1. The Morgan fingerprint density at radius 2 is 1.86 bits per heavy atom. The fourth-order valence-electron chi connectivity index (χ4n) is 3.14. The average Bonchev–Trinajstić information content (AvgIpc) is 3.18. The van der Waals surface area contributed by atoms with Crippen molar-refractivity contribution < 1.29 is 4.74 Å². The summed E-state index contributed by atoms with van der Waals surface area (Å²) in [6, 6.07) is 20.0. The molecule has 3 aromatic rings. The van der Waals surface area contributed by atoms with E-state index in [0.29, 0.717) is 24.6 Å². The Morgan fingerprint density at radius 3 is 2.57 bits per heavy atom. The van der Waals surface area contributed by atoms with E-state index >= 15 is 0 Å². The summed E-state index contributed by atoms with van der Waals surface area (Å²) in [6.07, 6.45) is 1.83. The molecule has 2 heterocycles. The van der Waals surface area contributed by atoms with Crippen molar-refractivity contribution in [1.29, 1.82) is 5.26 Å². The van der Waals surface area contributed by atoms with Crippen LogP contribution >= 0.6 is 15.9 Å². The van der Waals surface area contributed by atoms with E-state index in [9.17, 15) is 5.26 Å². The second-order valence-corrected chi connectivity index (χ2v) is 7.23. The van der Waals surface area contributed by atoms with Gasteiger partial charge in [0.15, 0.2) is 5.82 Å². The molecule has 0 aliphatic carbocycles. The highest BCUT2D eigenvalue weighted by Gasteiger charge is 2.23. The Bertz CT molecular complexity index is 1030. The number of halogens is 1. The highest BCUT2D eigenvalue weighted by Crippen LogP contribution is 2.26. The molecule has 140 valence electrons. The van der Waals surface area contributed by atoms with Crippen LogP contribution in [-0.4, -0.2) is 41.1 Å². The highest BCUT2D eigenvalue weighted by molar-refractivity contribution is 9.10. The highest BCUT2D eigenvalue weighted by atomic mass is 79.9. The van der Waals surface area contributed by atoms with E-state index in [1.165, 1.54) is 0 Å². The maximum absolute atomic E-state index is 9.86. The van der Waals surface area contributed by atoms with Crippen LogP contribution in [0.4, 0.5) is 5.95 Å². The zero-order valence-electron chi connectivity index (χ0n) is 15.1. The molecule has 0 bridgehead atoms. The third kappa shape index (κ3) is 3.84. The molecule has 6 nitrogen and oxygen atoms in total. The number of hydrogen-bond donors (Lipinski definition) is 0. The van der Waals surface area contributed by atoms with Crippen LogP contribution in [0.2, 0.25) is 0 Å². The van der Waals surface area contributed by atoms with Crippen LogP contribution in [0.1, 0.15) is 11.4 Å². The molecule has 0 unspecified atom stereocenters. The molecule has 0 spiro atoms. The van der Waals surface area contributed by atoms with Gasteiger partial charge in [0.1, 0.15) is 6.07 Å². The zero-order valence-corrected chi connectivity index (χ0v) is 16.7. The predicted octanol–water partition coefficient (Wildman–Crippen LogP) is 3.93. The van der Waals surface area contributed by atoms with Crippen molar-refractivity contribution in [3.63, 3.8) is 0 Å². The topological polar surface area (TPSA) is 67.0 Å². The Kier molecular flexibility index (Phi) is 5.51. The van der Waals surface area contributed by atoms with Gasteiger partial charge in [-0.25, -0.2) is 0 Å². The first-order chi connectivity index (χ1) is 13.8. The average molecular weight is 436 g/mol. The molecular weight excluding hydrogens is 418 g/mol. The second-order valence-electron chi connectivity index (χ2n) is 6.32. The first-order valence-corrected chi connectivity index (χ1v) is 9.77. The summed E-state index contributed by atoms with van der Waals surface area (Å²) < 4.78 is 8.36. The van der Waals surface area contributed by atoms with Crippen LogP contribution in [0.3, 0.4) is 0 Å². The van der Waals surface area contributed by atoms with Crippen LogP contribution in [0.5, 0.6) is 0 Å². The van der Waals surface area contributed by atoms with Crippen molar-refractivity contribution in [3.05, 3.63) is 70.5 Å². The minimum atomic E-state index is 0.453. The molecule has 0 saturated carbocycles. The Morgan fingerprint density at radius 1 is 1.07 bits per heavy atom. The standard InChI is InChI=1S/C21H18BrN5O/c22-18-6-4-5-16(14-18)13-17(15-23)20-24-25-21(26-9-11-28-12-10-26)27(20)19-7-2-1-3-8-19/h1-8,13-14H,9-12H2/b17-13+. The first kappa shape index (κ1) is 18.4. The smallest absolute Gasteiger partial charge is 0.232 e. The van der Waals surface area contributed by atoms with Crippen molar-refractivity contribution in [1.82, 2.24) is 14.8 Å². The lowest BCUT2D eigenvalue weighted by Gasteiger charge is -2.28. The summed E-state index contributed by atoms with van der Waals surface area (Å²) in [5.74, 6) is 1.25. The lowest BCUT2D eigenvalue weighted by molar-refractivity contribution is 0.122. The van der Waals surface area contributed by atoms with E-state index in [4.69, 9.17) is 4.74 Å². The molecule has 7 heteroatoms. The van der Waals surface area contributed by atoms with Gasteiger partial charge in [0.05, 0.1) is 24.5 Å². The Balaban J connectivity index is 1.84. The Labute approximate surface area is 171 Å². The van der Waals surface area contributed by atoms with E-state index < -0.39 is 0 Å². The molecule has 28 heavy (non-hydrogen) atoms. The van der Waals surface area contributed by atoms with Gasteiger partial charge in [-0.05, 0) is 35.9 Å². The maximum Gasteiger partial charge on any atom is 0.232 e. The normalized spacial score (nSPS) is 14.7. The summed E-state index contributed by atoms with van der Waals surface area (Å²) in [5, 5.41) is 18.7. The molecule has 1 aliphatic rings. The molecule has 1 fully saturated rings. The van der Waals surface area contributed by atoms with E-state index in [0.717, 1.165) is 34.8 Å². The van der Waals surface area contributed by atoms with E-state index in [1.807, 2.05) is 65.2 Å². The Hall–Kier alpha value is -2.95. The summed E-state index contributed by atoms with van der Waals surface area (Å²) >= 11 is 3.47. The van der Waals surface area contributed by atoms with E-state index in [1.54, 1.807) is 0 Å². The van der Waals surface area contributed by atoms with Gasteiger partial charge in [0.25, 0.3) is 0 Å². The molecule has 1 aromatic heterocycles. The van der Waals surface area contributed by atoms with Gasteiger partial charge in [-0.3, -0.25) is 4.57 Å². The summed E-state index contributed by atoms with van der Waals surface area (Å²) in [7, 11) is 0. The minimum absolute atomic E-state index is 0.453. The number of ether oxygens (including phenoxy) is 1. The van der Waals surface area contributed by atoms with Gasteiger partial charge in [-0.2, -0.15) is 5.26 Å². The van der Waals surface area contributed by atoms with Gasteiger partial charge >= 0.3 is 0 Å². The van der Waals surface area contributed by atoms with Gasteiger partial charge in [-0.15, -0.1) is 10.2 Å². The van der Waals surface area contributed by atoms with Crippen LogP contribution < -0.4 is 4.90 Å². The number of anilines is 1. The first-order valence-electron chi connectivity index (χ1n) is 8.97. The molecule has 4 rings (SSSR count). The van der Waals surface area contributed by atoms with Crippen LogP contribution in [-0.2, 0) is 4.74 Å². The van der Waals surface area contributed by atoms with Gasteiger partial charge in [-0.1, -0.05) is 46.3 Å². The number of morpholine rings is 1. The minimum Gasteiger partial charge on any atom is -0.378 e. The van der Waals surface area contributed by atoms with Crippen LogP contribution in [0.25, 0.3) is 17.3 Å². The molecule has 2 aromatic carbocycles. The number of rotatable bonds is 4. The second kappa shape index (κ2) is 8.38. The van der Waals surface area contributed by atoms with Gasteiger partial charge in [0.2, 0.25) is 5.95 Å². The van der Waals surface area contributed by atoms with Gasteiger partial charge in [0, 0.05) is 17.6 Å². The largest absolute Gasteiger partial charge is 0.378 e. The molecule has 1 saturated heterocycles. The van der Waals surface area contributed by atoms with Crippen molar-refractivity contribution >= 4 is 33.5 Å². The number of aromatic nitrogens is 3. The molecule has 0 radical (unpaired) electrons. The SMILES string of the molecule is N#C/C(=C\c1cccc(Br)c1)c1nnc(N2CCOCC2)n1-c1ccccc1. The number of nitrogens with zero attached hydrogens (tertiary/aromatic N) is 5. The lowest BCUT2D eigenvalue weighted by Crippen LogP contribution is -2.38. The van der Waals surface area contributed by atoms with Gasteiger partial charge < -0.3 is 9.64 Å². The number of allylic oxidation sites excluding steroid dienone is 1. The number of benzene rings is 2.